The zero-order chi connectivity index (χ0) is 75.5. The normalized spacial score (nSPS) is 22.4. The fourth-order valence-corrected chi connectivity index (χ4v) is 18.7. The molecule has 3 aliphatic heterocycles. The van der Waals surface area contributed by atoms with Crippen LogP contribution < -0.4 is 16.0 Å². The van der Waals surface area contributed by atoms with Crippen molar-refractivity contribution in [3.63, 3.8) is 0 Å². The Morgan fingerprint density at radius 1 is 0.393 bits per heavy atom. The molecule has 6 aromatic heterocycles. The SMILES string of the molecule is Br.C.CCS(=O)(=O)c1ccc(CNC(=O)c2cnc3c(c2)CN(CC2CCC(C)CC2)[C@H]3C(C)C)nc1.CCS(=O)(=O)c1ccc(CNC(=O)c2cnc3c(c2)CN(CC2CCC(C)CC2)[C@H]3C(C)C)nc1.CCS(=O)(=O)c1ccc(CNC(=O)c2cnc3c(c2)CN(CC2CCC(C)CC2)[C@H]3C(C)C)nc1. The molecule has 586 valence electrons. The summed E-state index contributed by atoms with van der Waals surface area (Å²) in [7, 11) is -9.85. The minimum atomic E-state index is -3.28. The van der Waals surface area contributed by atoms with Crippen LogP contribution in [0.25, 0.3) is 0 Å². The number of sulfone groups is 3. The van der Waals surface area contributed by atoms with E-state index in [4.69, 9.17) is 15.0 Å². The number of carbonyl (C=O) groups excluding carboxylic acids is 3. The molecule has 21 nitrogen and oxygen atoms in total. The molecule has 12 rings (SSSR count). The summed E-state index contributed by atoms with van der Waals surface area (Å²) in [6.45, 7) is 31.9. The minimum Gasteiger partial charge on any atom is -0.346 e. The Morgan fingerprint density at radius 2 is 0.636 bits per heavy atom. The first kappa shape index (κ1) is 86.1. The van der Waals surface area contributed by atoms with Crippen LogP contribution in [0, 0.1) is 53.3 Å². The van der Waals surface area contributed by atoms with Gasteiger partial charge in [-0.3, -0.25) is 59.0 Å². The fourth-order valence-electron chi connectivity index (χ4n) is 16.3. The van der Waals surface area contributed by atoms with Gasteiger partial charge in [0.25, 0.3) is 17.7 Å². The number of hydrogen-bond acceptors (Lipinski definition) is 18. The molecule has 3 amide bonds. The van der Waals surface area contributed by atoms with Gasteiger partial charge in [-0.05, 0) is 163 Å². The average Bonchev–Trinajstić information content (AvgIpc) is 1.65. The number of pyridine rings is 6. The summed E-state index contributed by atoms with van der Waals surface area (Å²) in [5.74, 6) is 5.65. The molecule has 3 atom stereocenters. The maximum absolute atomic E-state index is 12.8. The van der Waals surface area contributed by atoms with Crippen LogP contribution in [0.3, 0.4) is 0 Å². The van der Waals surface area contributed by atoms with Crippen LogP contribution in [0.4, 0.5) is 0 Å². The smallest absolute Gasteiger partial charge is 0.253 e. The third-order valence-electron chi connectivity index (χ3n) is 22.6. The number of hydrogen-bond donors (Lipinski definition) is 3. The van der Waals surface area contributed by atoms with Gasteiger partial charge in [0.15, 0.2) is 29.5 Å². The van der Waals surface area contributed by atoms with Crippen LogP contribution in [-0.4, -0.2) is 124 Å². The molecule has 0 unspecified atom stereocenters. The lowest BCUT2D eigenvalue weighted by molar-refractivity contribution is 0.0942. The van der Waals surface area contributed by atoms with Crippen molar-refractivity contribution in [1.82, 2.24) is 60.6 Å². The van der Waals surface area contributed by atoms with E-state index in [-0.39, 0.29) is 93.7 Å². The zero-order valence-corrected chi connectivity index (χ0v) is 68.6. The molecule has 0 radical (unpaired) electrons. The van der Waals surface area contributed by atoms with Gasteiger partial charge in [0, 0.05) is 76.4 Å². The van der Waals surface area contributed by atoms with Gasteiger partial charge in [-0.25, -0.2) is 25.3 Å². The summed E-state index contributed by atoms with van der Waals surface area (Å²) in [5.41, 5.74) is 10.2. The molecular weight excluding hydrogens is 1470 g/mol. The first-order chi connectivity index (χ1) is 50.0. The highest BCUT2D eigenvalue weighted by molar-refractivity contribution is 8.93. The van der Waals surface area contributed by atoms with Gasteiger partial charge in [-0.2, -0.15) is 0 Å². The summed E-state index contributed by atoms with van der Waals surface area (Å²) >= 11 is 0. The van der Waals surface area contributed by atoms with E-state index < -0.39 is 29.5 Å². The highest BCUT2D eigenvalue weighted by atomic mass is 79.9. The van der Waals surface area contributed by atoms with Crippen molar-refractivity contribution < 1.29 is 39.6 Å². The van der Waals surface area contributed by atoms with Crippen LogP contribution >= 0.6 is 17.0 Å². The molecule has 0 spiro atoms. The van der Waals surface area contributed by atoms with Crippen molar-refractivity contribution in [3.05, 3.63) is 159 Å². The number of carbonyl (C=O) groups is 3. The second kappa shape index (κ2) is 38.4. The van der Waals surface area contributed by atoms with Crippen LogP contribution in [0.15, 0.2) is 106 Å². The Balaban J connectivity index is 0.000000201. The molecular formula is C82H119BrN12O9S3. The summed E-state index contributed by atoms with van der Waals surface area (Å²) < 4.78 is 71.7. The van der Waals surface area contributed by atoms with Crippen LogP contribution in [0.5, 0.6) is 0 Å². The number of fused-ring (bicyclic) bond motifs is 3. The van der Waals surface area contributed by atoms with Gasteiger partial charge in [-0.15, -0.1) is 17.0 Å². The first-order valence-corrected chi connectivity index (χ1v) is 43.5. The molecule has 107 heavy (non-hydrogen) atoms. The van der Waals surface area contributed by atoms with E-state index in [9.17, 15) is 39.6 Å². The van der Waals surface area contributed by atoms with E-state index in [1.807, 2.05) is 18.2 Å². The maximum Gasteiger partial charge on any atom is 0.253 e. The van der Waals surface area contributed by atoms with Gasteiger partial charge in [0.05, 0.1) is 121 Å². The molecule has 6 aliphatic rings. The lowest BCUT2D eigenvalue weighted by Crippen LogP contribution is -2.32. The lowest BCUT2D eigenvalue weighted by Gasteiger charge is -2.34. The van der Waals surface area contributed by atoms with Crippen molar-refractivity contribution in [3.8, 4) is 0 Å². The third kappa shape index (κ3) is 22.2. The number of nitrogens with one attached hydrogen (secondary N) is 3. The van der Waals surface area contributed by atoms with Crippen LogP contribution in [0.1, 0.15) is 268 Å². The Labute approximate surface area is 649 Å². The van der Waals surface area contributed by atoms with Gasteiger partial charge in [0.2, 0.25) is 0 Å². The topological polar surface area (TPSA) is 277 Å². The Bertz CT molecular complexity index is 3860. The average molecular weight is 1590 g/mol. The maximum atomic E-state index is 12.8. The molecule has 3 N–H and O–H groups in total. The Hall–Kier alpha value is -6.48. The summed E-state index contributed by atoms with van der Waals surface area (Å²) in [6, 6.07) is 16.4. The number of rotatable bonds is 24. The van der Waals surface area contributed by atoms with Crippen molar-refractivity contribution in [2.24, 2.45) is 53.3 Å². The third-order valence-corrected chi connectivity index (χ3v) is 27.8. The van der Waals surface area contributed by atoms with Crippen LogP contribution in [-0.2, 0) is 68.8 Å². The predicted octanol–water partition coefficient (Wildman–Crippen LogP) is 14.8. The highest BCUT2D eigenvalue weighted by Crippen LogP contribution is 2.44. The van der Waals surface area contributed by atoms with E-state index >= 15 is 0 Å². The molecule has 25 heteroatoms. The van der Waals surface area contributed by atoms with E-state index in [2.05, 4.69) is 108 Å². The lowest BCUT2D eigenvalue weighted by atomic mass is 9.82. The van der Waals surface area contributed by atoms with Gasteiger partial charge >= 0.3 is 0 Å². The second-order valence-electron chi connectivity index (χ2n) is 31.8. The number of nitrogens with zero attached hydrogens (tertiary/aromatic N) is 9. The number of halogens is 1. The summed E-state index contributed by atoms with van der Waals surface area (Å²) in [4.78, 5) is 73.7. The molecule has 3 aliphatic carbocycles. The highest BCUT2D eigenvalue weighted by Gasteiger charge is 2.40. The molecule has 0 saturated heterocycles. The van der Waals surface area contributed by atoms with Crippen molar-refractivity contribution in [2.45, 2.75) is 240 Å². The molecule has 3 saturated carbocycles. The largest absolute Gasteiger partial charge is 0.346 e. The van der Waals surface area contributed by atoms with Crippen LogP contribution in [0.2, 0.25) is 0 Å². The minimum absolute atomic E-state index is 0. The van der Waals surface area contributed by atoms with Crippen molar-refractivity contribution in [2.75, 3.05) is 36.9 Å². The molecule has 6 aromatic rings. The van der Waals surface area contributed by atoms with Crippen molar-refractivity contribution in [1.29, 1.82) is 0 Å². The first-order valence-electron chi connectivity index (χ1n) is 38.6. The van der Waals surface area contributed by atoms with Gasteiger partial charge < -0.3 is 16.0 Å². The molecule has 3 fully saturated rings. The van der Waals surface area contributed by atoms with E-state index in [1.165, 1.54) is 114 Å². The fraction of sp³-hybridized carbons (Fsp3) is 0.598. The standard InChI is InChI=1S/3C27H38N4O3S.CH4.BrH/c3*1-5-35(33,34)24-11-10-23(28-15-24)14-30-27(32)21-12-22-17-31(16-20-8-6-19(4)7-9-20)26(18(2)3)25(22)29-13-21;;/h3*10-13,15,18-20,26H,5-9,14,16-17H2,1-4H3,(H,30,32);1H4;1H/t3*19?,20?,26-;;/m000../s1. The molecule has 0 aromatic carbocycles. The second-order valence-corrected chi connectivity index (χ2v) is 38.6. The number of amides is 3. The van der Waals surface area contributed by atoms with Gasteiger partial charge in [0.1, 0.15) is 0 Å². The Kier molecular flexibility index (Phi) is 30.9. The number of aromatic nitrogens is 6. The Morgan fingerprint density at radius 3 is 0.841 bits per heavy atom. The quantitative estimate of drug-likeness (QED) is 0.0508. The van der Waals surface area contributed by atoms with E-state index in [0.29, 0.717) is 69.7 Å². The summed E-state index contributed by atoms with van der Waals surface area (Å²) in [6.07, 6.45) is 24.9. The molecule has 9 heterocycles. The van der Waals surface area contributed by atoms with Crippen molar-refractivity contribution >= 4 is 64.2 Å². The monoisotopic (exact) mass is 1590 g/mol. The van der Waals surface area contributed by atoms with E-state index in [0.717, 1.165) is 109 Å². The predicted molar refractivity (Wildman–Crippen MR) is 426 cm³/mol. The van der Waals surface area contributed by atoms with E-state index in [1.54, 1.807) is 57.6 Å². The summed E-state index contributed by atoms with van der Waals surface area (Å²) in [5, 5.41) is 8.67. The zero-order valence-electron chi connectivity index (χ0n) is 64.4. The molecule has 0 bridgehead atoms. The van der Waals surface area contributed by atoms with Gasteiger partial charge in [-0.1, -0.05) is 129 Å².